The van der Waals surface area contributed by atoms with E-state index in [1.807, 2.05) is 54.6 Å². The minimum absolute atomic E-state index is 0.00645. The van der Waals surface area contributed by atoms with E-state index >= 15 is 0 Å². The molecule has 0 fully saturated rings. The Hall–Kier alpha value is -2.80. The molecule has 1 N–H and O–H groups in total. The van der Waals surface area contributed by atoms with Crippen LogP contribution in [0.1, 0.15) is 5.56 Å². The standard InChI is InChI=1S/C19H20N4O2S/c1-23(12-15-10-6-7-11-16(15)25-2)17(24)13-26-19-20-18(21-22-19)14-8-4-3-5-9-14/h3-11H,12-13H2,1-2H3,(H,20,21,22). The average molecular weight is 368 g/mol. The largest absolute Gasteiger partial charge is 0.496 e. The summed E-state index contributed by atoms with van der Waals surface area (Å²) in [7, 11) is 3.41. The van der Waals surface area contributed by atoms with Crippen LogP contribution in [0.5, 0.6) is 5.75 Å². The van der Waals surface area contributed by atoms with Gasteiger partial charge in [-0.15, -0.1) is 5.10 Å². The zero-order valence-corrected chi connectivity index (χ0v) is 15.5. The number of aromatic nitrogens is 3. The van der Waals surface area contributed by atoms with Crippen LogP contribution in [-0.4, -0.2) is 45.9 Å². The minimum atomic E-state index is 0.00645. The number of ether oxygens (including phenoxy) is 1. The van der Waals surface area contributed by atoms with Crippen LogP contribution in [0.25, 0.3) is 11.4 Å². The first-order chi connectivity index (χ1) is 12.7. The maximum Gasteiger partial charge on any atom is 0.233 e. The van der Waals surface area contributed by atoms with Crippen molar-refractivity contribution in [3.8, 4) is 17.1 Å². The predicted octanol–water partition coefficient (Wildman–Crippen LogP) is 3.23. The normalized spacial score (nSPS) is 10.5. The number of nitrogens with zero attached hydrogens (tertiary/aromatic N) is 3. The third-order valence-corrected chi connectivity index (χ3v) is 4.69. The van der Waals surface area contributed by atoms with Gasteiger partial charge in [-0.25, -0.2) is 4.98 Å². The van der Waals surface area contributed by atoms with Crippen molar-refractivity contribution in [2.24, 2.45) is 0 Å². The quantitative estimate of drug-likeness (QED) is 0.648. The second-order valence-corrected chi connectivity index (χ2v) is 6.63. The number of hydrogen-bond acceptors (Lipinski definition) is 5. The summed E-state index contributed by atoms with van der Waals surface area (Å²) in [6.07, 6.45) is 0. The van der Waals surface area contributed by atoms with Crippen LogP contribution < -0.4 is 4.74 Å². The van der Waals surface area contributed by atoms with Gasteiger partial charge in [0, 0.05) is 24.7 Å². The van der Waals surface area contributed by atoms with Gasteiger partial charge in [0.2, 0.25) is 11.1 Å². The summed E-state index contributed by atoms with van der Waals surface area (Å²) in [5.41, 5.74) is 1.94. The Bertz CT molecular complexity index is 867. The van der Waals surface area contributed by atoms with E-state index in [1.165, 1.54) is 11.8 Å². The highest BCUT2D eigenvalue weighted by Crippen LogP contribution is 2.21. The van der Waals surface area contributed by atoms with Gasteiger partial charge >= 0.3 is 0 Å². The molecule has 0 aliphatic carbocycles. The van der Waals surface area contributed by atoms with Crippen LogP contribution in [0.4, 0.5) is 0 Å². The Balaban J connectivity index is 1.56. The molecule has 6 nitrogen and oxygen atoms in total. The molecule has 0 atom stereocenters. The van der Waals surface area contributed by atoms with Gasteiger partial charge in [-0.05, 0) is 6.07 Å². The fraction of sp³-hybridized carbons (Fsp3) is 0.211. The van der Waals surface area contributed by atoms with Crippen LogP contribution in [-0.2, 0) is 11.3 Å². The molecule has 0 saturated heterocycles. The molecule has 1 aromatic heterocycles. The molecule has 3 aromatic rings. The summed E-state index contributed by atoms with van der Waals surface area (Å²) in [5, 5.41) is 7.64. The Labute approximate surface area is 156 Å². The summed E-state index contributed by atoms with van der Waals surface area (Å²) >= 11 is 1.32. The molecule has 0 aliphatic heterocycles. The number of para-hydroxylation sites is 1. The molecule has 1 heterocycles. The molecule has 0 bridgehead atoms. The summed E-state index contributed by atoms with van der Waals surface area (Å²) in [6.45, 7) is 0.493. The van der Waals surface area contributed by atoms with E-state index in [1.54, 1.807) is 19.1 Å². The summed E-state index contributed by atoms with van der Waals surface area (Å²) in [4.78, 5) is 18.5. The average Bonchev–Trinajstić information content (AvgIpc) is 3.16. The lowest BCUT2D eigenvalue weighted by molar-refractivity contribution is -0.127. The number of rotatable bonds is 7. The van der Waals surface area contributed by atoms with Gasteiger partial charge < -0.3 is 9.64 Å². The molecular weight excluding hydrogens is 348 g/mol. The van der Waals surface area contributed by atoms with Crippen LogP contribution in [0.2, 0.25) is 0 Å². The summed E-state index contributed by atoms with van der Waals surface area (Å²) in [6, 6.07) is 17.5. The number of methoxy groups -OCH3 is 1. The maximum atomic E-state index is 12.4. The number of benzene rings is 2. The zero-order valence-electron chi connectivity index (χ0n) is 14.7. The number of amides is 1. The second-order valence-electron chi connectivity index (χ2n) is 5.68. The van der Waals surface area contributed by atoms with Crippen LogP contribution in [0.15, 0.2) is 59.8 Å². The molecule has 3 rings (SSSR count). The summed E-state index contributed by atoms with van der Waals surface area (Å²) < 4.78 is 5.33. The first-order valence-corrected chi connectivity index (χ1v) is 9.12. The van der Waals surface area contributed by atoms with Gasteiger partial charge in [0.25, 0.3) is 0 Å². The minimum Gasteiger partial charge on any atom is -0.496 e. The number of nitrogens with one attached hydrogen (secondary N) is 1. The topological polar surface area (TPSA) is 71.1 Å². The lowest BCUT2D eigenvalue weighted by Crippen LogP contribution is -2.28. The number of aromatic amines is 1. The van der Waals surface area contributed by atoms with Crippen molar-refractivity contribution >= 4 is 17.7 Å². The van der Waals surface area contributed by atoms with Crippen LogP contribution in [0, 0.1) is 0 Å². The van der Waals surface area contributed by atoms with Gasteiger partial charge in [-0.3, -0.25) is 9.89 Å². The van der Waals surface area contributed by atoms with E-state index in [2.05, 4.69) is 15.2 Å². The number of thioether (sulfide) groups is 1. The van der Waals surface area contributed by atoms with Crippen molar-refractivity contribution in [1.82, 2.24) is 20.1 Å². The van der Waals surface area contributed by atoms with Crippen molar-refractivity contribution in [1.29, 1.82) is 0 Å². The van der Waals surface area contributed by atoms with E-state index in [0.29, 0.717) is 17.5 Å². The number of hydrogen-bond donors (Lipinski definition) is 1. The van der Waals surface area contributed by atoms with Gasteiger partial charge in [-0.1, -0.05) is 60.3 Å². The zero-order chi connectivity index (χ0) is 18.4. The SMILES string of the molecule is COc1ccccc1CN(C)C(=O)CSc1n[nH]c(-c2ccccc2)n1. The fourth-order valence-electron chi connectivity index (χ4n) is 2.45. The Morgan fingerprint density at radius 2 is 1.88 bits per heavy atom. The van der Waals surface area contributed by atoms with Gasteiger partial charge in [0.05, 0.1) is 12.9 Å². The van der Waals surface area contributed by atoms with Crippen molar-refractivity contribution in [2.75, 3.05) is 19.9 Å². The molecule has 0 spiro atoms. The Morgan fingerprint density at radius 1 is 1.15 bits per heavy atom. The first-order valence-electron chi connectivity index (χ1n) is 8.14. The second kappa shape index (κ2) is 8.53. The smallest absolute Gasteiger partial charge is 0.233 e. The molecule has 0 radical (unpaired) electrons. The molecule has 1 amide bonds. The summed E-state index contributed by atoms with van der Waals surface area (Å²) in [5.74, 6) is 1.76. The van der Waals surface area contributed by atoms with Crippen molar-refractivity contribution < 1.29 is 9.53 Å². The van der Waals surface area contributed by atoms with E-state index in [4.69, 9.17) is 4.74 Å². The van der Waals surface area contributed by atoms with Crippen molar-refractivity contribution in [2.45, 2.75) is 11.7 Å². The molecule has 26 heavy (non-hydrogen) atoms. The van der Waals surface area contributed by atoms with E-state index in [9.17, 15) is 4.79 Å². The molecule has 7 heteroatoms. The van der Waals surface area contributed by atoms with E-state index in [0.717, 1.165) is 16.9 Å². The molecule has 0 aliphatic rings. The first kappa shape index (κ1) is 18.0. The highest BCUT2D eigenvalue weighted by molar-refractivity contribution is 7.99. The van der Waals surface area contributed by atoms with Gasteiger partial charge in [0.1, 0.15) is 5.75 Å². The lowest BCUT2D eigenvalue weighted by atomic mass is 10.2. The highest BCUT2D eigenvalue weighted by Gasteiger charge is 2.14. The molecular formula is C19H20N4O2S. The monoisotopic (exact) mass is 368 g/mol. The molecule has 2 aromatic carbocycles. The highest BCUT2D eigenvalue weighted by atomic mass is 32.2. The number of H-pyrrole nitrogens is 1. The molecule has 0 saturated carbocycles. The van der Waals surface area contributed by atoms with E-state index < -0.39 is 0 Å². The van der Waals surface area contributed by atoms with Crippen LogP contribution >= 0.6 is 11.8 Å². The molecule has 0 unspecified atom stereocenters. The third kappa shape index (κ3) is 4.43. The van der Waals surface area contributed by atoms with Crippen molar-refractivity contribution in [3.05, 3.63) is 60.2 Å². The number of carbonyl (C=O) groups excluding carboxylic acids is 1. The number of carbonyl (C=O) groups is 1. The van der Waals surface area contributed by atoms with Gasteiger partial charge in [-0.2, -0.15) is 0 Å². The lowest BCUT2D eigenvalue weighted by Gasteiger charge is -2.18. The van der Waals surface area contributed by atoms with Gasteiger partial charge in [0.15, 0.2) is 5.82 Å². The molecule has 134 valence electrons. The van der Waals surface area contributed by atoms with Crippen molar-refractivity contribution in [3.63, 3.8) is 0 Å². The van der Waals surface area contributed by atoms with E-state index in [-0.39, 0.29) is 11.7 Å². The Kier molecular flexibility index (Phi) is 5.91. The Morgan fingerprint density at radius 3 is 2.65 bits per heavy atom. The third-order valence-electron chi connectivity index (χ3n) is 3.86. The maximum absolute atomic E-state index is 12.4. The van der Waals surface area contributed by atoms with Crippen LogP contribution in [0.3, 0.4) is 0 Å². The fourth-order valence-corrected chi connectivity index (χ4v) is 3.19. The predicted molar refractivity (Wildman–Crippen MR) is 102 cm³/mol.